The number of aromatic nitrogens is 2. The minimum Gasteiger partial charge on any atom is -0.432 e. The molecule has 10 heteroatoms. The van der Waals surface area contributed by atoms with Gasteiger partial charge in [0.2, 0.25) is 5.88 Å². The second-order valence-corrected chi connectivity index (χ2v) is 9.29. The van der Waals surface area contributed by atoms with Crippen LogP contribution in [0.5, 0.6) is 5.88 Å². The Hall–Kier alpha value is -4.34. The maximum Gasteiger partial charge on any atom is 0.388 e. The molecule has 2 heterocycles. The molecule has 1 aliphatic carbocycles. The molecule has 1 atom stereocenters. The second-order valence-electron chi connectivity index (χ2n) is 9.29. The predicted octanol–water partition coefficient (Wildman–Crippen LogP) is 5.60. The van der Waals surface area contributed by atoms with Crippen molar-refractivity contribution in [2.45, 2.75) is 39.0 Å². The number of amides is 1. The highest BCUT2D eigenvalue weighted by atomic mass is 19.3. The molecule has 2 aromatic carbocycles. The van der Waals surface area contributed by atoms with Gasteiger partial charge in [0.15, 0.2) is 0 Å². The number of nitrogens with one attached hydrogen (secondary N) is 2. The summed E-state index contributed by atoms with van der Waals surface area (Å²) in [5.74, 6) is -0.699. The van der Waals surface area contributed by atoms with Gasteiger partial charge in [-0.05, 0) is 84.3 Å². The number of aryl methyl sites for hydroxylation is 1. The highest BCUT2D eigenvalue weighted by Gasteiger charge is 2.34. The fourth-order valence-electron chi connectivity index (χ4n) is 4.47. The van der Waals surface area contributed by atoms with Crippen molar-refractivity contribution in [3.05, 3.63) is 101 Å². The fraction of sp³-hybridized carbons (Fsp3) is 0.250. The van der Waals surface area contributed by atoms with E-state index in [4.69, 9.17) is 9.83 Å². The number of hydrogen-bond acceptors (Lipinski definition) is 5. The monoisotopic (exact) mass is 522 g/mol. The Morgan fingerprint density at radius 1 is 1.24 bits per heavy atom. The summed E-state index contributed by atoms with van der Waals surface area (Å²) in [7, 11) is 0. The molecule has 1 saturated carbocycles. The average molecular weight is 523 g/mol. The molecule has 2 N–H and O–H groups in total. The van der Waals surface area contributed by atoms with Crippen molar-refractivity contribution in [1.82, 2.24) is 14.9 Å². The van der Waals surface area contributed by atoms with Gasteiger partial charge >= 0.3 is 6.61 Å². The molecule has 0 spiro atoms. The van der Waals surface area contributed by atoms with E-state index in [-0.39, 0.29) is 41.8 Å². The van der Waals surface area contributed by atoms with Crippen LogP contribution in [-0.2, 0) is 6.54 Å². The summed E-state index contributed by atoms with van der Waals surface area (Å²) in [4.78, 5) is 17.5. The molecule has 1 amide bonds. The number of carbonyl (C=O) groups is 1. The molecule has 7 nitrogen and oxygen atoms in total. The Kier molecular flexibility index (Phi) is 7.04. The Morgan fingerprint density at radius 3 is 2.74 bits per heavy atom. The van der Waals surface area contributed by atoms with Crippen LogP contribution in [0.2, 0.25) is 0 Å². The number of oxazole rings is 1. The third-order valence-electron chi connectivity index (χ3n) is 6.49. The van der Waals surface area contributed by atoms with Gasteiger partial charge in [0, 0.05) is 23.5 Å². The lowest BCUT2D eigenvalue weighted by Gasteiger charge is -2.20. The highest BCUT2D eigenvalue weighted by Crippen LogP contribution is 2.41. The van der Waals surface area contributed by atoms with Gasteiger partial charge in [-0.25, -0.2) is 9.37 Å². The van der Waals surface area contributed by atoms with Gasteiger partial charge in [0.05, 0.1) is 12.6 Å². The first-order valence-corrected chi connectivity index (χ1v) is 12.1. The largest absolute Gasteiger partial charge is 0.432 e. The third-order valence-corrected chi connectivity index (χ3v) is 6.49. The van der Waals surface area contributed by atoms with Crippen molar-refractivity contribution in [3.63, 3.8) is 0 Å². The fourth-order valence-corrected chi connectivity index (χ4v) is 4.47. The number of benzene rings is 2. The van der Waals surface area contributed by atoms with Crippen molar-refractivity contribution >= 4 is 5.91 Å². The quantitative estimate of drug-likeness (QED) is 0.299. The summed E-state index contributed by atoms with van der Waals surface area (Å²) in [5, 5.41) is 11.0. The molecule has 196 valence electrons. The highest BCUT2D eigenvalue weighted by molar-refractivity contribution is 5.96. The molecule has 1 fully saturated rings. The van der Waals surface area contributed by atoms with Crippen molar-refractivity contribution in [1.29, 1.82) is 5.41 Å². The molecule has 0 bridgehead atoms. The van der Waals surface area contributed by atoms with Crippen LogP contribution in [0.3, 0.4) is 0 Å². The van der Waals surface area contributed by atoms with Crippen molar-refractivity contribution in [2.75, 3.05) is 0 Å². The van der Waals surface area contributed by atoms with Crippen LogP contribution in [0, 0.1) is 24.1 Å². The van der Waals surface area contributed by atoms with E-state index in [1.807, 2.05) is 0 Å². The number of carbonyl (C=O) groups excluding carboxylic acids is 1. The van der Waals surface area contributed by atoms with Crippen LogP contribution in [0.25, 0.3) is 11.1 Å². The summed E-state index contributed by atoms with van der Waals surface area (Å²) in [5.41, 5.74) is 2.92. The molecule has 5 rings (SSSR count). The maximum absolute atomic E-state index is 13.9. The maximum atomic E-state index is 13.9. The molecule has 0 unspecified atom stereocenters. The number of nitrogens with zero attached hydrogens (tertiary/aromatic N) is 2. The number of halogens is 3. The van der Waals surface area contributed by atoms with Gasteiger partial charge in [-0.2, -0.15) is 8.78 Å². The summed E-state index contributed by atoms with van der Waals surface area (Å²) < 4.78 is 51.2. The molecular weight excluding hydrogens is 497 g/mol. The first-order valence-electron chi connectivity index (χ1n) is 12.1. The topological polar surface area (TPSA) is 93.1 Å². The lowest BCUT2D eigenvalue weighted by Crippen LogP contribution is -2.30. The number of rotatable bonds is 9. The molecular formula is C28H25F3N4O3. The Morgan fingerprint density at radius 2 is 2.05 bits per heavy atom. The smallest absolute Gasteiger partial charge is 0.388 e. The van der Waals surface area contributed by atoms with Gasteiger partial charge in [0.25, 0.3) is 11.6 Å². The van der Waals surface area contributed by atoms with E-state index in [1.165, 1.54) is 23.1 Å². The zero-order chi connectivity index (χ0) is 26.8. The Labute approximate surface area is 216 Å². The zero-order valence-corrected chi connectivity index (χ0v) is 20.5. The lowest BCUT2D eigenvalue weighted by atomic mass is 9.97. The zero-order valence-electron chi connectivity index (χ0n) is 20.5. The van der Waals surface area contributed by atoms with Crippen LogP contribution in [0.15, 0.2) is 71.6 Å². The van der Waals surface area contributed by atoms with Crippen molar-refractivity contribution < 1.29 is 27.1 Å². The minimum atomic E-state index is -3.07. The van der Waals surface area contributed by atoms with Gasteiger partial charge in [-0.3, -0.25) is 14.8 Å². The average Bonchev–Trinajstić information content (AvgIpc) is 3.66. The van der Waals surface area contributed by atoms with E-state index in [2.05, 4.69) is 15.0 Å². The summed E-state index contributed by atoms with van der Waals surface area (Å²) in [6.45, 7) is -1.18. The number of hydrogen-bond donors (Lipinski definition) is 2. The van der Waals surface area contributed by atoms with E-state index in [9.17, 15) is 18.0 Å². The van der Waals surface area contributed by atoms with Crippen LogP contribution in [-0.4, -0.2) is 22.1 Å². The van der Waals surface area contributed by atoms with Crippen LogP contribution in [0.1, 0.15) is 45.9 Å². The Bertz CT molecular complexity index is 1530. The number of alkyl halides is 2. The van der Waals surface area contributed by atoms with E-state index in [0.717, 1.165) is 18.4 Å². The third kappa shape index (κ3) is 5.64. The summed E-state index contributed by atoms with van der Waals surface area (Å²) in [6.07, 6.45) is 6.20. The second kappa shape index (κ2) is 10.6. The van der Waals surface area contributed by atoms with E-state index >= 15 is 0 Å². The Balaban J connectivity index is 1.53. The molecule has 4 aromatic rings. The van der Waals surface area contributed by atoms with Crippen LogP contribution in [0.4, 0.5) is 13.2 Å². The number of ether oxygens (including phenoxy) is 1. The molecule has 0 aliphatic heterocycles. The van der Waals surface area contributed by atoms with Gasteiger partial charge < -0.3 is 14.5 Å². The first-order chi connectivity index (χ1) is 18.3. The van der Waals surface area contributed by atoms with Crippen LogP contribution >= 0.6 is 0 Å². The first kappa shape index (κ1) is 25.3. The minimum absolute atomic E-state index is 0.0787. The molecule has 0 radical (unpaired) electrons. The van der Waals surface area contributed by atoms with E-state index < -0.39 is 6.61 Å². The van der Waals surface area contributed by atoms with E-state index in [0.29, 0.717) is 27.8 Å². The summed E-state index contributed by atoms with van der Waals surface area (Å²) >= 11 is 0. The normalized spacial score (nSPS) is 13.9. The summed E-state index contributed by atoms with van der Waals surface area (Å²) in [6, 6.07) is 12.7. The van der Waals surface area contributed by atoms with Gasteiger partial charge in [0.1, 0.15) is 12.1 Å². The van der Waals surface area contributed by atoms with Gasteiger partial charge in [-0.15, -0.1) is 0 Å². The van der Waals surface area contributed by atoms with Crippen LogP contribution < -0.4 is 15.7 Å². The lowest BCUT2D eigenvalue weighted by molar-refractivity contribution is -0.0524. The number of pyridine rings is 1. The SMILES string of the molecule is Cc1cc([C@@H](NC(=O)c2cc(Cn3ccoc3=N)cc(-c3cccnc3OC(F)F)c2)C2CC2)ccc1F. The standard InChI is InChI=1S/C28H25F3N4O3/c1-16-11-19(6-7-23(16)29)24(18-4-5-18)34-25(36)21-13-17(15-35-9-10-37-28(35)32)12-20(14-21)22-3-2-8-33-26(22)38-27(30)31/h2-3,6-14,18,24,27,32H,4-5,15H2,1H3,(H,34,36)/t24-/m0/s1. The molecule has 2 aromatic heterocycles. The van der Waals surface area contributed by atoms with Gasteiger partial charge in [-0.1, -0.05) is 12.1 Å². The predicted molar refractivity (Wildman–Crippen MR) is 132 cm³/mol. The molecule has 0 saturated heterocycles. The molecule has 38 heavy (non-hydrogen) atoms. The van der Waals surface area contributed by atoms with Crippen molar-refractivity contribution in [2.24, 2.45) is 5.92 Å². The van der Waals surface area contributed by atoms with Crippen molar-refractivity contribution in [3.8, 4) is 17.0 Å². The van der Waals surface area contributed by atoms with E-state index in [1.54, 1.807) is 55.6 Å². The molecule has 1 aliphatic rings.